The number of ether oxygens (including phenoxy) is 1. The van der Waals surface area contributed by atoms with E-state index in [0.29, 0.717) is 22.3 Å². The van der Waals surface area contributed by atoms with Crippen LogP contribution in [0.3, 0.4) is 0 Å². The molecule has 0 N–H and O–H groups in total. The number of methoxy groups -OCH3 is 1. The average Bonchev–Trinajstić information content (AvgIpc) is 2.66. The van der Waals surface area contributed by atoms with Crippen molar-refractivity contribution in [2.45, 2.75) is 0 Å². The first-order valence-electron chi connectivity index (χ1n) is 7.82. The van der Waals surface area contributed by atoms with E-state index in [1.54, 1.807) is 43.5 Å². The lowest BCUT2D eigenvalue weighted by Crippen LogP contribution is -2.15. The molecule has 4 heteroatoms. The molecule has 0 fully saturated rings. The molecule has 0 aliphatic rings. The summed E-state index contributed by atoms with van der Waals surface area (Å²) < 4.78 is 10.6. The summed E-state index contributed by atoms with van der Waals surface area (Å²) in [5, 5.41) is 2.27. The van der Waals surface area contributed by atoms with E-state index in [4.69, 9.17) is 9.15 Å². The molecule has 0 bridgehead atoms. The molecular weight excluding hydrogens is 316 g/mol. The van der Waals surface area contributed by atoms with E-state index in [2.05, 4.69) is 0 Å². The molecule has 0 amide bonds. The molecule has 1 aromatic heterocycles. The summed E-state index contributed by atoms with van der Waals surface area (Å²) in [6, 6.07) is 19.6. The van der Waals surface area contributed by atoms with Gasteiger partial charge < -0.3 is 9.15 Å². The van der Waals surface area contributed by atoms with Gasteiger partial charge in [-0.1, -0.05) is 48.5 Å². The number of ketones is 1. The van der Waals surface area contributed by atoms with Gasteiger partial charge in [0.15, 0.2) is 0 Å². The zero-order chi connectivity index (χ0) is 17.4. The third-order valence-corrected chi connectivity index (χ3v) is 4.23. The summed E-state index contributed by atoms with van der Waals surface area (Å²) >= 11 is 0. The van der Waals surface area contributed by atoms with Crippen LogP contribution in [0.5, 0.6) is 5.75 Å². The van der Waals surface area contributed by atoms with Gasteiger partial charge in [-0.25, -0.2) is 4.79 Å². The lowest BCUT2D eigenvalue weighted by atomic mass is 9.97. The number of hydrogen-bond donors (Lipinski definition) is 0. The number of benzene rings is 3. The van der Waals surface area contributed by atoms with Crippen molar-refractivity contribution in [1.82, 2.24) is 0 Å². The van der Waals surface area contributed by atoms with E-state index in [1.807, 2.05) is 30.3 Å². The molecule has 122 valence electrons. The van der Waals surface area contributed by atoms with Gasteiger partial charge in [-0.15, -0.1) is 0 Å². The normalized spacial score (nSPS) is 10.9. The van der Waals surface area contributed by atoms with E-state index in [9.17, 15) is 9.59 Å². The van der Waals surface area contributed by atoms with Crippen molar-refractivity contribution >= 4 is 27.5 Å². The first-order valence-corrected chi connectivity index (χ1v) is 7.82. The van der Waals surface area contributed by atoms with Crippen molar-refractivity contribution in [3.8, 4) is 5.75 Å². The standard InChI is InChI=1S/C21H14O4/c1-24-19-11-5-7-14-15(19)8-4-9-16(14)20(22)17-12-13-6-2-3-10-18(13)25-21(17)23/h2-12H,1H3. The minimum Gasteiger partial charge on any atom is -0.496 e. The zero-order valence-corrected chi connectivity index (χ0v) is 13.5. The highest BCUT2D eigenvalue weighted by Gasteiger charge is 2.18. The molecule has 0 spiro atoms. The maximum atomic E-state index is 13.0. The number of fused-ring (bicyclic) bond motifs is 2. The number of hydrogen-bond acceptors (Lipinski definition) is 4. The van der Waals surface area contributed by atoms with Crippen molar-refractivity contribution < 1.29 is 13.9 Å². The fourth-order valence-electron chi connectivity index (χ4n) is 3.02. The van der Waals surface area contributed by atoms with Crippen molar-refractivity contribution in [2.24, 2.45) is 0 Å². The Morgan fingerprint density at radius 1 is 0.880 bits per heavy atom. The van der Waals surface area contributed by atoms with Crippen LogP contribution in [0.1, 0.15) is 15.9 Å². The van der Waals surface area contributed by atoms with Crippen LogP contribution in [-0.2, 0) is 0 Å². The Balaban J connectivity index is 1.94. The highest BCUT2D eigenvalue weighted by molar-refractivity contribution is 6.17. The van der Waals surface area contributed by atoms with Crippen LogP contribution in [0, 0.1) is 0 Å². The third-order valence-electron chi connectivity index (χ3n) is 4.23. The second kappa shape index (κ2) is 5.91. The monoisotopic (exact) mass is 330 g/mol. The topological polar surface area (TPSA) is 56.5 Å². The van der Waals surface area contributed by atoms with E-state index in [0.717, 1.165) is 10.8 Å². The highest BCUT2D eigenvalue weighted by Crippen LogP contribution is 2.29. The van der Waals surface area contributed by atoms with Gasteiger partial charge in [0.05, 0.1) is 7.11 Å². The number of carbonyl (C=O) groups excluding carboxylic acids is 1. The Bertz CT molecular complexity index is 1170. The molecule has 0 unspecified atom stereocenters. The minimum absolute atomic E-state index is 0.0222. The van der Waals surface area contributed by atoms with E-state index >= 15 is 0 Å². The molecule has 4 rings (SSSR count). The summed E-state index contributed by atoms with van der Waals surface area (Å²) in [7, 11) is 1.58. The molecule has 0 saturated carbocycles. The molecule has 0 atom stereocenters. The van der Waals surface area contributed by atoms with Crippen molar-refractivity contribution in [2.75, 3.05) is 7.11 Å². The van der Waals surface area contributed by atoms with Gasteiger partial charge in [0.25, 0.3) is 0 Å². The van der Waals surface area contributed by atoms with Crippen LogP contribution >= 0.6 is 0 Å². The quantitative estimate of drug-likeness (QED) is 0.417. The lowest BCUT2D eigenvalue weighted by molar-refractivity contribution is 0.103. The Labute approximate surface area is 143 Å². The third kappa shape index (κ3) is 2.48. The second-order valence-corrected chi connectivity index (χ2v) is 5.68. The first-order chi connectivity index (χ1) is 12.2. The van der Waals surface area contributed by atoms with E-state index < -0.39 is 5.63 Å². The summed E-state index contributed by atoms with van der Waals surface area (Å²) in [4.78, 5) is 25.3. The van der Waals surface area contributed by atoms with Gasteiger partial charge in [-0.05, 0) is 23.6 Å². The Kier molecular flexibility index (Phi) is 3.58. The molecule has 0 saturated heterocycles. The fraction of sp³-hybridized carbons (Fsp3) is 0.0476. The molecule has 1 heterocycles. The van der Waals surface area contributed by atoms with Crippen LogP contribution in [0.25, 0.3) is 21.7 Å². The Morgan fingerprint density at radius 3 is 2.48 bits per heavy atom. The molecular formula is C21H14O4. The predicted octanol–water partition coefficient (Wildman–Crippen LogP) is 4.19. The zero-order valence-electron chi connectivity index (χ0n) is 13.5. The number of carbonyl (C=O) groups is 1. The summed E-state index contributed by atoms with van der Waals surface area (Å²) in [6.45, 7) is 0. The maximum absolute atomic E-state index is 13.0. The second-order valence-electron chi connectivity index (χ2n) is 5.68. The fourth-order valence-corrected chi connectivity index (χ4v) is 3.02. The van der Waals surface area contributed by atoms with Gasteiger partial charge in [0.2, 0.25) is 5.78 Å². The minimum atomic E-state index is -0.636. The maximum Gasteiger partial charge on any atom is 0.347 e. The van der Waals surface area contributed by atoms with E-state index in [-0.39, 0.29) is 11.3 Å². The van der Waals surface area contributed by atoms with Crippen molar-refractivity contribution in [3.05, 3.63) is 88.3 Å². The summed E-state index contributed by atoms with van der Waals surface area (Å²) in [5.74, 6) is 0.316. The lowest BCUT2D eigenvalue weighted by Gasteiger charge is -2.09. The van der Waals surface area contributed by atoms with Gasteiger partial charge in [0, 0.05) is 16.3 Å². The van der Waals surface area contributed by atoms with Crippen LogP contribution < -0.4 is 10.4 Å². The van der Waals surface area contributed by atoms with Gasteiger partial charge in [-0.2, -0.15) is 0 Å². The SMILES string of the molecule is COc1cccc2c(C(=O)c3cc4ccccc4oc3=O)cccc12. The molecule has 25 heavy (non-hydrogen) atoms. The first kappa shape index (κ1) is 15.1. The smallest absolute Gasteiger partial charge is 0.347 e. The number of para-hydroxylation sites is 1. The van der Waals surface area contributed by atoms with E-state index in [1.165, 1.54) is 0 Å². The van der Waals surface area contributed by atoms with Crippen LogP contribution in [0.2, 0.25) is 0 Å². The Hall–Kier alpha value is -3.40. The average molecular weight is 330 g/mol. The molecule has 0 aliphatic heterocycles. The van der Waals surface area contributed by atoms with Gasteiger partial charge in [-0.3, -0.25) is 4.79 Å². The molecule has 3 aromatic carbocycles. The van der Waals surface area contributed by atoms with Gasteiger partial charge in [0.1, 0.15) is 16.9 Å². The molecule has 4 aromatic rings. The largest absolute Gasteiger partial charge is 0.496 e. The molecule has 4 nitrogen and oxygen atoms in total. The summed E-state index contributed by atoms with van der Waals surface area (Å²) in [6.07, 6.45) is 0. The van der Waals surface area contributed by atoms with Crippen molar-refractivity contribution in [1.29, 1.82) is 0 Å². The molecule has 0 aliphatic carbocycles. The Morgan fingerprint density at radius 2 is 1.64 bits per heavy atom. The van der Waals surface area contributed by atoms with Crippen LogP contribution in [0.15, 0.2) is 75.9 Å². The number of rotatable bonds is 3. The predicted molar refractivity (Wildman–Crippen MR) is 96.4 cm³/mol. The highest BCUT2D eigenvalue weighted by atomic mass is 16.5. The van der Waals surface area contributed by atoms with Crippen LogP contribution in [0.4, 0.5) is 0 Å². The molecule has 0 radical (unpaired) electrons. The van der Waals surface area contributed by atoms with Gasteiger partial charge >= 0.3 is 5.63 Å². The van der Waals surface area contributed by atoms with Crippen molar-refractivity contribution in [3.63, 3.8) is 0 Å². The summed E-state index contributed by atoms with van der Waals surface area (Å²) in [5.41, 5.74) is 0.292. The van der Waals surface area contributed by atoms with Crippen LogP contribution in [-0.4, -0.2) is 12.9 Å².